The summed E-state index contributed by atoms with van der Waals surface area (Å²) in [5.41, 5.74) is 10.1. The van der Waals surface area contributed by atoms with E-state index in [-0.39, 0.29) is 11.8 Å². The average molecular weight is 403 g/mol. The lowest BCUT2D eigenvalue weighted by Gasteiger charge is -2.36. The van der Waals surface area contributed by atoms with Crippen molar-refractivity contribution in [2.24, 2.45) is 5.73 Å². The minimum absolute atomic E-state index is 0.00337. The van der Waals surface area contributed by atoms with Crippen molar-refractivity contribution < 1.29 is 9.59 Å². The Balaban J connectivity index is 1.29. The average Bonchev–Trinajstić information content (AvgIpc) is 3.43. The molecule has 2 aliphatic rings. The molecule has 0 bridgehead atoms. The van der Waals surface area contributed by atoms with Crippen molar-refractivity contribution in [3.8, 4) is 11.1 Å². The van der Waals surface area contributed by atoms with Crippen LogP contribution in [0.4, 0.5) is 0 Å². The normalized spacial score (nSPS) is 17.9. The van der Waals surface area contributed by atoms with Crippen LogP contribution in [-0.2, 0) is 4.79 Å². The SMILES string of the molecule is Cc1[nH]nc2c(-c3ccc(C(=O)N4CCN(C(=O)C5(N)CC5)CC4)cc3)cccc12. The summed E-state index contributed by atoms with van der Waals surface area (Å²) >= 11 is 0. The molecule has 1 aliphatic heterocycles. The Hall–Kier alpha value is -3.19. The molecular weight excluding hydrogens is 378 g/mol. The fourth-order valence-corrected chi connectivity index (χ4v) is 4.15. The van der Waals surface area contributed by atoms with Gasteiger partial charge in [0.15, 0.2) is 0 Å². The molecule has 2 aromatic carbocycles. The highest BCUT2D eigenvalue weighted by atomic mass is 16.2. The number of benzene rings is 2. The Morgan fingerprint density at radius 3 is 2.33 bits per heavy atom. The summed E-state index contributed by atoms with van der Waals surface area (Å²) in [6.07, 6.45) is 1.53. The molecule has 2 amide bonds. The van der Waals surface area contributed by atoms with Gasteiger partial charge in [-0.05, 0) is 37.5 Å². The summed E-state index contributed by atoms with van der Waals surface area (Å²) in [6, 6.07) is 13.8. The van der Waals surface area contributed by atoms with Crippen LogP contribution in [0.25, 0.3) is 22.0 Å². The monoisotopic (exact) mass is 403 g/mol. The maximum absolute atomic E-state index is 12.9. The predicted octanol–water partition coefficient (Wildman–Crippen LogP) is 2.31. The summed E-state index contributed by atoms with van der Waals surface area (Å²) in [5.74, 6) is 0.0260. The molecule has 1 aliphatic carbocycles. The van der Waals surface area contributed by atoms with E-state index in [0.717, 1.165) is 40.6 Å². The number of carbonyl (C=O) groups excluding carboxylic acids is 2. The summed E-state index contributed by atoms with van der Waals surface area (Å²) in [6.45, 7) is 4.17. The summed E-state index contributed by atoms with van der Waals surface area (Å²) in [5, 5.41) is 8.57. The molecule has 7 heteroatoms. The van der Waals surface area contributed by atoms with Crippen LogP contribution >= 0.6 is 0 Å². The van der Waals surface area contributed by atoms with E-state index in [9.17, 15) is 9.59 Å². The molecular formula is C23H25N5O2. The van der Waals surface area contributed by atoms with Gasteiger partial charge in [0.1, 0.15) is 5.52 Å². The minimum atomic E-state index is -0.641. The van der Waals surface area contributed by atoms with E-state index in [1.54, 1.807) is 4.90 Å². The molecule has 3 aromatic rings. The van der Waals surface area contributed by atoms with Gasteiger partial charge in [-0.25, -0.2) is 0 Å². The first-order valence-electron chi connectivity index (χ1n) is 10.4. The number of H-pyrrole nitrogens is 1. The van der Waals surface area contributed by atoms with Crippen LogP contribution in [0, 0.1) is 6.92 Å². The molecule has 0 spiro atoms. The van der Waals surface area contributed by atoms with Crippen LogP contribution in [0.3, 0.4) is 0 Å². The standard InChI is InChI=1S/C23H25N5O2/c1-15-18-3-2-4-19(20(18)26-25-15)16-5-7-17(8-6-16)21(29)27-11-13-28(14-12-27)22(30)23(24)9-10-23/h2-8H,9-14,24H2,1H3,(H,25,26). The van der Waals surface area contributed by atoms with E-state index >= 15 is 0 Å². The molecule has 1 saturated heterocycles. The molecule has 1 saturated carbocycles. The lowest BCUT2D eigenvalue weighted by atomic mass is 10.0. The van der Waals surface area contributed by atoms with E-state index in [0.29, 0.717) is 31.7 Å². The highest BCUT2D eigenvalue weighted by Gasteiger charge is 2.48. The topological polar surface area (TPSA) is 95.3 Å². The third-order valence-electron chi connectivity index (χ3n) is 6.29. The van der Waals surface area contributed by atoms with E-state index in [1.165, 1.54) is 0 Å². The van der Waals surface area contributed by atoms with Gasteiger partial charge < -0.3 is 15.5 Å². The third-order valence-corrected chi connectivity index (χ3v) is 6.29. The number of amides is 2. The largest absolute Gasteiger partial charge is 0.338 e. The van der Waals surface area contributed by atoms with Crippen molar-refractivity contribution in [1.82, 2.24) is 20.0 Å². The van der Waals surface area contributed by atoms with Gasteiger partial charge in [0.2, 0.25) is 5.91 Å². The molecule has 0 radical (unpaired) electrons. The molecule has 0 unspecified atom stereocenters. The number of aromatic nitrogens is 2. The number of hydrogen-bond donors (Lipinski definition) is 2. The highest BCUT2D eigenvalue weighted by molar-refractivity contribution is 5.97. The molecule has 0 atom stereocenters. The number of nitrogens with zero attached hydrogens (tertiary/aromatic N) is 3. The maximum Gasteiger partial charge on any atom is 0.253 e. The van der Waals surface area contributed by atoms with E-state index in [2.05, 4.69) is 16.3 Å². The number of nitrogens with one attached hydrogen (secondary N) is 1. The number of rotatable bonds is 3. The fraction of sp³-hybridized carbons (Fsp3) is 0.348. The van der Waals surface area contributed by atoms with Gasteiger partial charge >= 0.3 is 0 Å². The summed E-state index contributed by atoms with van der Waals surface area (Å²) in [4.78, 5) is 28.9. The van der Waals surface area contributed by atoms with Gasteiger partial charge in [0.05, 0.1) is 5.54 Å². The van der Waals surface area contributed by atoms with Gasteiger partial charge in [-0.2, -0.15) is 5.10 Å². The molecule has 2 heterocycles. The second kappa shape index (κ2) is 6.95. The zero-order chi connectivity index (χ0) is 20.9. The van der Waals surface area contributed by atoms with Gasteiger partial charge in [-0.1, -0.05) is 30.3 Å². The number of piperazine rings is 1. The molecule has 30 heavy (non-hydrogen) atoms. The highest BCUT2D eigenvalue weighted by Crippen LogP contribution is 2.34. The Morgan fingerprint density at radius 2 is 1.67 bits per heavy atom. The van der Waals surface area contributed by atoms with Gasteiger partial charge in [0.25, 0.3) is 5.91 Å². The molecule has 5 rings (SSSR count). The van der Waals surface area contributed by atoms with Crippen molar-refractivity contribution >= 4 is 22.7 Å². The molecule has 7 nitrogen and oxygen atoms in total. The minimum Gasteiger partial charge on any atom is -0.338 e. The van der Waals surface area contributed by atoms with Gasteiger partial charge in [-0.15, -0.1) is 0 Å². The first-order chi connectivity index (χ1) is 14.5. The van der Waals surface area contributed by atoms with Crippen molar-refractivity contribution in [2.45, 2.75) is 25.3 Å². The van der Waals surface area contributed by atoms with Crippen molar-refractivity contribution in [3.05, 3.63) is 53.7 Å². The summed E-state index contributed by atoms with van der Waals surface area (Å²) in [7, 11) is 0. The number of para-hydroxylation sites is 1. The second-order valence-electron chi connectivity index (χ2n) is 8.37. The number of carbonyl (C=O) groups is 2. The third kappa shape index (κ3) is 3.15. The number of fused-ring (bicyclic) bond motifs is 1. The van der Waals surface area contributed by atoms with Crippen LogP contribution in [0.2, 0.25) is 0 Å². The number of nitrogens with two attached hydrogens (primary N) is 1. The lowest BCUT2D eigenvalue weighted by molar-refractivity contribution is -0.135. The Labute approximate surface area is 174 Å². The smallest absolute Gasteiger partial charge is 0.253 e. The van der Waals surface area contributed by atoms with E-state index in [1.807, 2.05) is 48.2 Å². The molecule has 154 valence electrons. The number of aromatic amines is 1. The van der Waals surface area contributed by atoms with Crippen molar-refractivity contribution in [1.29, 1.82) is 0 Å². The van der Waals surface area contributed by atoms with Gasteiger partial charge in [-0.3, -0.25) is 14.7 Å². The first-order valence-corrected chi connectivity index (χ1v) is 10.4. The number of hydrogen-bond acceptors (Lipinski definition) is 4. The van der Waals surface area contributed by atoms with Crippen LogP contribution in [0.15, 0.2) is 42.5 Å². The molecule has 1 aromatic heterocycles. The van der Waals surface area contributed by atoms with Crippen molar-refractivity contribution in [3.63, 3.8) is 0 Å². The van der Waals surface area contributed by atoms with Crippen LogP contribution in [0.1, 0.15) is 28.9 Å². The van der Waals surface area contributed by atoms with Crippen LogP contribution in [0.5, 0.6) is 0 Å². The first kappa shape index (κ1) is 18.8. The van der Waals surface area contributed by atoms with Crippen LogP contribution in [-0.4, -0.2) is 63.5 Å². The number of aryl methyl sites for hydroxylation is 1. The van der Waals surface area contributed by atoms with E-state index < -0.39 is 5.54 Å². The Kier molecular flexibility index (Phi) is 4.36. The predicted molar refractivity (Wildman–Crippen MR) is 115 cm³/mol. The maximum atomic E-state index is 12.9. The zero-order valence-electron chi connectivity index (χ0n) is 17.0. The summed E-state index contributed by atoms with van der Waals surface area (Å²) < 4.78 is 0. The second-order valence-corrected chi connectivity index (χ2v) is 8.37. The fourth-order valence-electron chi connectivity index (χ4n) is 4.15. The molecule has 2 fully saturated rings. The quantitative estimate of drug-likeness (QED) is 0.702. The van der Waals surface area contributed by atoms with Crippen LogP contribution < -0.4 is 5.73 Å². The molecule has 3 N–H and O–H groups in total. The van der Waals surface area contributed by atoms with Crippen molar-refractivity contribution in [2.75, 3.05) is 26.2 Å². The zero-order valence-corrected chi connectivity index (χ0v) is 17.0. The Bertz CT molecular complexity index is 1120. The van der Waals surface area contributed by atoms with E-state index in [4.69, 9.17) is 5.73 Å². The van der Waals surface area contributed by atoms with Gasteiger partial charge in [0, 0.05) is 48.4 Å². The Morgan fingerprint density at radius 1 is 1.00 bits per heavy atom. The lowest BCUT2D eigenvalue weighted by Crippen LogP contribution is -2.55.